The van der Waals surface area contributed by atoms with Crippen molar-refractivity contribution in [2.24, 2.45) is 4.99 Å². The molecule has 10 heteroatoms. The Balaban J connectivity index is 1.56. The van der Waals surface area contributed by atoms with E-state index in [1.54, 1.807) is 18.2 Å². The van der Waals surface area contributed by atoms with Gasteiger partial charge >= 0.3 is 0 Å². The maximum Gasteiger partial charge on any atom is 0.259 e. The van der Waals surface area contributed by atoms with Crippen LogP contribution in [0.25, 0.3) is 0 Å². The van der Waals surface area contributed by atoms with E-state index in [9.17, 15) is 18.4 Å². The van der Waals surface area contributed by atoms with Crippen LogP contribution in [0.2, 0.25) is 0 Å². The van der Waals surface area contributed by atoms with Gasteiger partial charge in [-0.3, -0.25) is 14.6 Å². The zero-order chi connectivity index (χ0) is 23.5. The van der Waals surface area contributed by atoms with Gasteiger partial charge < -0.3 is 15.5 Å². The van der Waals surface area contributed by atoms with Crippen LogP contribution in [0.1, 0.15) is 26.3 Å². The first kappa shape index (κ1) is 22.5. The van der Waals surface area contributed by atoms with Gasteiger partial charge in [0.1, 0.15) is 23.3 Å². The summed E-state index contributed by atoms with van der Waals surface area (Å²) in [6.45, 7) is 1.37. The highest BCUT2D eigenvalue weighted by molar-refractivity contribution is 9.10. The highest BCUT2D eigenvalue weighted by Gasteiger charge is 2.20. The maximum atomic E-state index is 14.7. The normalized spacial score (nSPS) is 13.0. The topological polar surface area (TPSA) is 86.7 Å². The lowest BCUT2D eigenvalue weighted by Crippen LogP contribution is -2.24. The highest BCUT2D eigenvalue weighted by Crippen LogP contribution is 2.22. The van der Waals surface area contributed by atoms with Crippen molar-refractivity contribution in [2.75, 3.05) is 30.8 Å². The number of benzene rings is 2. The van der Waals surface area contributed by atoms with Gasteiger partial charge in [0, 0.05) is 29.8 Å². The monoisotopic (exact) mass is 513 g/mol. The van der Waals surface area contributed by atoms with Crippen LogP contribution in [0.4, 0.5) is 20.3 Å². The molecule has 0 spiro atoms. The number of pyridine rings is 1. The molecule has 0 aliphatic carbocycles. The minimum absolute atomic E-state index is 0.0272. The number of nitrogens with one attached hydrogen (secondary N) is 2. The molecule has 0 fully saturated rings. The second-order valence-electron chi connectivity index (χ2n) is 7.28. The van der Waals surface area contributed by atoms with Gasteiger partial charge in [0.05, 0.1) is 23.4 Å². The number of likely N-dealkylation sites (N-methyl/N-ethyl adjacent to an activating group) is 1. The number of carbonyl (C=O) groups is 2. The number of halogens is 3. The number of amides is 2. The summed E-state index contributed by atoms with van der Waals surface area (Å²) in [7, 11) is 1.86. The van der Waals surface area contributed by atoms with E-state index in [-0.39, 0.29) is 22.6 Å². The average molecular weight is 514 g/mol. The Bertz CT molecular complexity index is 1260. The van der Waals surface area contributed by atoms with Gasteiger partial charge in [-0.25, -0.2) is 13.8 Å². The molecule has 1 aromatic heterocycles. The lowest BCUT2D eigenvalue weighted by atomic mass is 10.1. The van der Waals surface area contributed by atoms with E-state index >= 15 is 0 Å². The maximum absolute atomic E-state index is 14.7. The fraction of sp³-hybridized carbons (Fsp3) is 0.130. The van der Waals surface area contributed by atoms with Crippen molar-refractivity contribution < 1.29 is 18.4 Å². The third-order valence-corrected chi connectivity index (χ3v) is 5.44. The van der Waals surface area contributed by atoms with Crippen molar-refractivity contribution in [2.45, 2.75) is 0 Å². The average Bonchev–Trinajstić information content (AvgIpc) is 3.22. The van der Waals surface area contributed by atoms with Gasteiger partial charge in [-0.2, -0.15) is 0 Å². The minimum atomic E-state index is -0.775. The molecular weight excluding hydrogens is 496 g/mol. The summed E-state index contributed by atoms with van der Waals surface area (Å²) in [6.07, 6.45) is 1.49. The molecule has 33 heavy (non-hydrogen) atoms. The number of nitrogens with zero attached hydrogens (tertiary/aromatic N) is 3. The molecule has 7 nitrogen and oxygen atoms in total. The van der Waals surface area contributed by atoms with Gasteiger partial charge in [-0.1, -0.05) is 6.07 Å². The van der Waals surface area contributed by atoms with E-state index in [2.05, 4.69) is 36.5 Å². The molecule has 0 radical (unpaired) electrons. The van der Waals surface area contributed by atoms with E-state index in [1.807, 2.05) is 11.9 Å². The second-order valence-corrected chi connectivity index (χ2v) is 8.20. The zero-order valence-electron chi connectivity index (χ0n) is 17.4. The van der Waals surface area contributed by atoms with Crippen LogP contribution in [-0.2, 0) is 0 Å². The van der Waals surface area contributed by atoms with Gasteiger partial charge in [0.15, 0.2) is 0 Å². The molecule has 3 aromatic rings. The van der Waals surface area contributed by atoms with E-state index in [0.29, 0.717) is 17.9 Å². The summed E-state index contributed by atoms with van der Waals surface area (Å²) in [5, 5.41) is 5.03. The highest BCUT2D eigenvalue weighted by atomic mass is 79.9. The molecule has 2 heterocycles. The van der Waals surface area contributed by atoms with Crippen molar-refractivity contribution in [3.05, 3.63) is 87.5 Å². The third kappa shape index (κ3) is 5.06. The summed E-state index contributed by atoms with van der Waals surface area (Å²) < 4.78 is 29.3. The first-order chi connectivity index (χ1) is 15.8. The molecular formula is C23H18BrF2N5O2. The van der Waals surface area contributed by atoms with Gasteiger partial charge in [-0.15, -0.1) is 0 Å². The number of carbonyl (C=O) groups excluding carboxylic acids is 2. The predicted molar refractivity (Wildman–Crippen MR) is 125 cm³/mol. The van der Waals surface area contributed by atoms with Crippen molar-refractivity contribution >= 4 is 45.1 Å². The lowest BCUT2D eigenvalue weighted by Gasteiger charge is -2.15. The molecule has 1 aliphatic rings. The summed E-state index contributed by atoms with van der Waals surface area (Å²) in [5.74, 6) is -1.97. The first-order valence-electron chi connectivity index (χ1n) is 9.91. The third-order valence-electron chi connectivity index (χ3n) is 4.97. The molecule has 2 amide bonds. The van der Waals surface area contributed by atoms with E-state index in [4.69, 9.17) is 0 Å². The van der Waals surface area contributed by atoms with Crippen molar-refractivity contribution in [1.82, 2.24) is 9.88 Å². The Labute approximate surface area is 196 Å². The molecule has 2 N–H and O–H groups in total. The molecule has 4 rings (SSSR count). The number of hydrogen-bond acceptors (Lipinski definition) is 5. The molecule has 168 valence electrons. The van der Waals surface area contributed by atoms with Gasteiger partial charge in [-0.05, 0) is 58.4 Å². The van der Waals surface area contributed by atoms with E-state index in [0.717, 1.165) is 23.2 Å². The summed E-state index contributed by atoms with van der Waals surface area (Å²) in [4.78, 5) is 35.7. The lowest BCUT2D eigenvalue weighted by molar-refractivity contribution is 0.102. The van der Waals surface area contributed by atoms with Crippen molar-refractivity contribution in [3.63, 3.8) is 0 Å². The number of anilines is 2. The minimum Gasteiger partial charge on any atom is -0.358 e. The molecule has 0 saturated heterocycles. The smallest absolute Gasteiger partial charge is 0.259 e. The quantitative estimate of drug-likeness (QED) is 0.531. The number of hydrogen-bond donors (Lipinski definition) is 2. The predicted octanol–water partition coefficient (Wildman–Crippen LogP) is 4.32. The van der Waals surface area contributed by atoms with Crippen LogP contribution in [0.3, 0.4) is 0 Å². The fourth-order valence-electron chi connectivity index (χ4n) is 3.32. The van der Waals surface area contributed by atoms with Crippen LogP contribution in [-0.4, -0.2) is 47.7 Å². The number of aromatic nitrogens is 1. The Morgan fingerprint density at radius 2 is 1.79 bits per heavy atom. The standard InChI is InChI=1S/C23H18BrF2N5O2/c1-31-9-8-27-21(31)13-2-5-16(18(26)10-13)22(32)29-19-6-4-15(25)11-17(19)23(33)30-20-7-3-14(24)12-28-20/h2-7,10-12H,8-9H2,1H3,(H,29,32)(H,28,30,33). The molecule has 0 unspecified atom stereocenters. The number of amidine groups is 1. The summed E-state index contributed by atoms with van der Waals surface area (Å²) in [5.41, 5.74) is 0.240. The second kappa shape index (κ2) is 9.45. The number of rotatable bonds is 5. The molecule has 0 saturated carbocycles. The van der Waals surface area contributed by atoms with Crippen LogP contribution in [0.15, 0.2) is 64.2 Å². The molecule has 0 bridgehead atoms. The van der Waals surface area contributed by atoms with Gasteiger partial charge in [0.2, 0.25) is 0 Å². The number of aliphatic imine (C=N–C) groups is 1. The molecule has 0 atom stereocenters. The zero-order valence-corrected chi connectivity index (χ0v) is 19.0. The SMILES string of the molecule is CN1CCN=C1c1ccc(C(=O)Nc2ccc(F)cc2C(=O)Nc2ccc(Br)cn2)c(F)c1. The van der Waals surface area contributed by atoms with Crippen LogP contribution in [0, 0.1) is 11.6 Å². The molecule has 1 aliphatic heterocycles. The van der Waals surface area contributed by atoms with Gasteiger partial charge in [0.25, 0.3) is 11.8 Å². The Kier molecular flexibility index (Phi) is 6.45. The Morgan fingerprint density at radius 3 is 2.45 bits per heavy atom. The summed E-state index contributed by atoms with van der Waals surface area (Å²) >= 11 is 3.25. The summed E-state index contributed by atoms with van der Waals surface area (Å²) in [6, 6.07) is 10.8. The van der Waals surface area contributed by atoms with Crippen molar-refractivity contribution in [1.29, 1.82) is 0 Å². The first-order valence-corrected chi connectivity index (χ1v) is 10.7. The Hall–Kier alpha value is -3.66. The molecule has 2 aromatic carbocycles. The van der Waals surface area contributed by atoms with E-state index in [1.165, 1.54) is 24.4 Å². The van der Waals surface area contributed by atoms with Crippen LogP contribution < -0.4 is 10.6 Å². The fourth-order valence-corrected chi connectivity index (χ4v) is 3.55. The van der Waals surface area contributed by atoms with Crippen LogP contribution >= 0.6 is 15.9 Å². The van der Waals surface area contributed by atoms with Crippen LogP contribution in [0.5, 0.6) is 0 Å². The Morgan fingerprint density at radius 1 is 1.00 bits per heavy atom. The van der Waals surface area contributed by atoms with E-state index < -0.39 is 23.4 Å². The largest absolute Gasteiger partial charge is 0.358 e. The van der Waals surface area contributed by atoms with Crippen molar-refractivity contribution in [3.8, 4) is 0 Å².